The summed E-state index contributed by atoms with van der Waals surface area (Å²) in [5.41, 5.74) is 2.37. The predicted molar refractivity (Wildman–Crippen MR) is 67.3 cm³/mol. The standard InChI is InChI=1S/C11H20N2O3S/c1-3-5-6-10(14)13-8-17-7-9(13)11(15)12-16-4-2/h9H,3-8H2,1-2H3,(H,12,15). The third kappa shape index (κ3) is 4.20. The van der Waals surface area contributed by atoms with E-state index >= 15 is 0 Å². The van der Waals surface area contributed by atoms with E-state index in [0.717, 1.165) is 12.8 Å². The molecule has 1 unspecified atom stereocenters. The molecular weight excluding hydrogens is 240 g/mol. The van der Waals surface area contributed by atoms with Gasteiger partial charge in [0.25, 0.3) is 5.91 Å². The monoisotopic (exact) mass is 260 g/mol. The molecule has 1 fully saturated rings. The predicted octanol–water partition coefficient (Wildman–Crippen LogP) is 1.15. The van der Waals surface area contributed by atoms with E-state index in [2.05, 4.69) is 5.48 Å². The first kappa shape index (κ1) is 14.3. The molecule has 98 valence electrons. The third-order valence-corrected chi connectivity index (χ3v) is 3.58. The molecule has 1 aliphatic heterocycles. The van der Waals surface area contributed by atoms with Crippen LogP contribution in [-0.2, 0) is 14.4 Å². The molecule has 1 saturated heterocycles. The molecule has 0 aromatic rings. The molecule has 1 rings (SSSR count). The molecule has 0 aromatic carbocycles. The number of nitrogens with zero attached hydrogens (tertiary/aromatic N) is 1. The molecule has 0 saturated carbocycles. The van der Waals surface area contributed by atoms with Crippen molar-refractivity contribution >= 4 is 23.6 Å². The topological polar surface area (TPSA) is 58.6 Å². The zero-order chi connectivity index (χ0) is 12.7. The highest BCUT2D eigenvalue weighted by Crippen LogP contribution is 2.22. The maximum absolute atomic E-state index is 11.9. The number of hydrogen-bond donors (Lipinski definition) is 1. The smallest absolute Gasteiger partial charge is 0.267 e. The van der Waals surface area contributed by atoms with Crippen LogP contribution in [0.1, 0.15) is 33.1 Å². The van der Waals surface area contributed by atoms with Crippen LogP contribution in [0.4, 0.5) is 0 Å². The maximum Gasteiger partial charge on any atom is 0.267 e. The van der Waals surface area contributed by atoms with Gasteiger partial charge in [0, 0.05) is 12.2 Å². The Morgan fingerprint density at radius 1 is 1.47 bits per heavy atom. The Labute approximate surface area is 106 Å². The molecule has 6 heteroatoms. The van der Waals surface area contributed by atoms with Crippen LogP contribution in [0.2, 0.25) is 0 Å². The number of hydroxylamine groups is 1. The van der Waals surface area contributed by atoms with Gasteiger partial charge in [-0.05, 0) is 13.3 Å². The first-order chi connectivity index (χ1) is 8.20. The number of unbranched alkanes of at least 4 members (excludes halogenated alkanes) is 1. The third-order valence-electron chi connectivity index (χ3n) is 2.57. The van der Waals surface area contributed by atoms with Crippen molar-refractivity contribution in [2.75, 3.05) is 18.2 Å². The largest absolute Gasteiger partial charge is 0.320 e. The molecule has 0 bridgehead atoms. The van der Waals surface area contributed by atoms with Crippen LogP contribution < -0.4 is 5.48 Å². The second-order valence-corrected chi connectivity index (χ2v) is 4.88. The number of carbonyl (C=O) groups excluding carboxylic acids is 2. The van der Waals surface area contributed by atoms with Gasteiger partial charge in [0.1, 0.15) is 6.04 Å². The van der Waals surface area contributed by atoms with Crippen LogP contribution in [0.5, 0.6) is 0 Å². The molecule has 2 amide bonds. The highest BCUT2D eigenvalue weighted by molar-refractivity contribution is 7.99. The van der Waals surface area contributed by atoms with Gasteiger partial charge in [-0.3, -0.25) is 14.4 Å². The van der Waals surface area contributed by atoms with Crippen molar-refractivity contribution < 1.29 is 14.4 Å². The average Bonchev–Trinajstić information content (AvgIpc) is 2.82. The normalized spacial score (nSPS) is 19.4. The summed E-state index contributed by atoms with van der Waals surface area (Å²) in [7, 11) is 0. The summed E-state index contributed by atoms with van der Waals surface area (Å²) < 4.78 is 0. The van der Waals surface area contributed by atoms with Gasteiger partial charge in [-0.25, -0.2) is 5.48 Å². The van der Waals surface area contributed by atoms with E-state index in [-0.39, 0.29) is 17.9 Å². The summed E-state index contributed by atoms with van der Waals surface area (Å²) in [6.45, 7) is 4.27. The van der Waals surface area contributed by atoms with E-state index in [1.54, 1.807) is 23.6 Å². The van der Waals surface area contributed by atoms with E-state index in [1.165, 1.54) is 0 Å². The van der Waals surface area contributed by atoms with E-state index in [9.17, 15) is 9.59 Å². The van der Waals surface area contributed by atoms with Crippen molar-refractivity contribution in [3.63, 3.8) is 0 Å². The molecule has 5 nitrogen and oxygen atoms in total. The minimum atomic E-state index is -0.379. The van der Waals surface area contributed by atoms with Crippen molar-refractivity contribution in [2.24, 2.45) is 0 Å². The Kier molecular flexibility index (Phi) is 6.36. The van der Waals surface area contributed by atoms with Gasteiger partial charge < -0.3 is 4.90 Å². The van der Waals surface area contributed by atoms with Gasteiger partial charge in [0.15, 0.2) is 0 Å². The molecule has 0 aromatic heterocycles. The van der Waals surface area contributed by atoms with Crippen molar-refractivity contribution in [3.05, 3.63) is 0 Å². The van der Waals surface area contributed by atoms with Crippen molar-refractivity contribution in [3.8, 4) is 0 Å². The Morgan fingerprint density at radius 2 is 2.24 bits per heavy atom. The summed E-state index contributed by atoms with van der Waals surface area (Å²) in [6, 6.07) is -0.379. The highest BCUT2D eigenvalue weighted by atomic mass is 32.2. The van der Waals surface area contributed by atoms with Crippen LogP contribution in [-0.4, -0.2) is 41.0 Å². The number of hydrogen-bond acceptors (Lipinski definition) is 4. The lowest BCUT2D eigenvalue weighted by atomic mass is 10.2. The second-order valence-electron chi connectivity index (χ2n) is 3.88. The molecular formula is C11H20N2O3S. The van der Waals surface area contributed by atoms with Gasteiger partial charge >= 0.3 is 0 Å². The molecule has 17 heavy (non-hydrogen) atoms. The van der Waals surface area contributed by atoms with E-state index in [4.69, 9.17) is 4.84 Å². The molecule has 1 N–H and O–H groups in total. The van der Waals surface area contributed by atoms with E-state index < -0.39 is 0 Å². The second kappa shape index (κ2) is 7.55. The van der Waals surface area contributed by atoms with Gasteiger partial charge in [-0.1, -0.05) is 13.3 Å². The number of nitrogens with one attached hydrogen (secondary N) is 1. The minimum Gasteiger partial charge on any atom is -0.320 e. The lowest BCUT2D eigenvalue weighted by Crippen LogP contribution is -2.47. The summed E-state index contributed by atoms with van der Waals surface area (Å²) in [6.07, 6.45) is 2.39. The lowest BCUT2D eigenvalue weighted by molar-refractivity contribution is -0.144. The molecule has 0 aliphatic carbocycles. The van der Waals surface area contributed by atoms with Gasteiger partial charge in [-0.15, -0.1) is 11.8 Å². The maximum atomic E-state index is 11.9. The molecule has 1 atom stereocenters. The first-order valence-electron chi connectivity index (χ1n) is 5.99. The number of amides is 2. The van der Waals surface area contributed by atoms with E-state index in [1.807, 2.05) is 6.92 Å². The number of rotatable bonds is 6. The SMILES string of the molecule is CCCCC(=O)N1CSCC1C(=O)NOCC. The van der Waals surface area contributed by atoms with Gasteiger partial charge in [-0.2, -0.15) is 0 Å². The highest BCUT2D eigenvalue weighted by Gasteiger charge is 2.34. The van der Waals surface area contributed by atoms with Gasteiger partial charge in [0.05, 0.1) is 12.5 Å². The fraction of sp³-hybridized carbons (Fsp3) is 0.818. The Morgan fingerprint density at radius 3 is 2.88 bits per heavy atom. The van der Waals surface area contributed by atoms with Crippen LogP contribution in [0.3, 0.4) is 0 Å². The zero-order valence-corrected chi connectivity index (χ0v) is 11.2. The van der Waals surface area contributed by atoms with Crippen LogP contribution >= 0.6 is 11.8 Å². The molecule has 0 spiro atoms. The average molecular weight is 260 g/mol. The Hall–Kier alpha value is -0.750. The van der Waals surface area contributed by atoms with Crippen LogP contribution in [0.15, 0.2) is 0 Å². The van der Waals surface area contributed by atoms with Crippen molar-refractivity contribution in [1.82, 2.24) is 10.4 Å². The van der Waals surface area contributed by atoms with Crippen molar-refractivity contribution in [1.29, 1.82) is 0 Å². The fourth-order valence-electron chi connectivity index (χ4n) is 1.59. The summed E-state index contributed by atoms with van der Waals surface area (Å²) >= 11 is 1.60. The first-order valence-corrected chi connectivity index (χ1v) is 7.15. The minimum absolute atomic E-state index is 0.0634. The summed E-state index contributed by atoms with van der Waals surface area (Å²) in [5, 5.41) is 0. The van der Waals surface area contributed by atoms with Crippen LogP contribution in [0, 0.1) is 0 Å². The van der Waals surface area contributed by atoms with E-state index in [0.29, 0.717) is 24.7 Å². The summed E-state index contributed by atoms with van der Waals surface area (Å²) in [4.78, 5) is 30.2. The Balaban J connectivity index is 2.47. The van der Waals surface area contributed by atoms with Gasteiger partial charge in [0.2, 0.25) is 5.91 Å². The van der Waals surface area contributed by atoms with Crippen LogP contribution in [0.25, 0.3) is 0 Å². The van der Waals surface area contributed by atoms with Crippen molar-refractivity contribution in [2.45, 2.75) is 39.2 Å². The fourth-order valence-corrected chi connectivity index (χ4v) is 2.77. The lowest BCUT2D eigenvalue weighted by Gasteiger charge is -2.22. The molecule has 0 radical (unpaired) electrons. The quantitative estimate of drug-likeness (QED) is 0.728. The number of carbonyl (C=O) groups is 2. The summed E-state index contributed by atoms with van der Waals surface area (Å²) in [5.74, 6) is 1.10. The molecule has 1 aliphatic rings. The number of thioether (sulfide) groups is 1. The Bertz CT molecular complexity index is 247. The molecule has 1 heterocycles. The zero-order valence-electron chi connectivity index (χ0n) is 10.4.